The van der Waals surface area contributed by atoms with Crippen molar-refractivity contribution >= 4 is 29.2 Å². The largest absolute Gasteiger partial charge is 0.366 e. The van der Waals surface area contributed by atoms with Crippen molar-refractivity contribution in [1.29, 1.82) is 10.5 Å². The first-order chi connectivity index (χ1) is 13.5. The number of hydrogen-bond donors (Lipinski definition) is 1. The minimum atomic E-state index is -0.268. The second kappa shape index (κ2) is 8.59. The summed E-state index contributed by atoms with van der Waals surface area (Å²) in [6.07, 6.45) is 0. The van der Waals surface area contributed by atoms with Gasteiger partial charge in [0.15, 0.2) is 5.03 Å². The maximum absolute atomic E-state index is 13.9. The van der Waals surface area contributed by atoms with Gasteiger partial charge in [-0.2, -0.15) is 10.5 Å². The Bertz CT molecular complexity index is 975. The van der Waals surface area contributed by atoms with Crippen LogP contribution >= 0.6 is 11.8 Å². The van der Waals surface area contributed by atoms with Gasteiger partial charge in [-0.25, -0.2) is 9.37 Å². The van der Waals surface area contributed by atoms with E-state index in [0.717, 1.165) is 0 Å². The molecule has 0 bridgehead atoms. The van der Waals surface area contributed by atoms with Crippen molar-refractivity contribution in [1.82, 2.24) is 4.90 Å². The minimum absolute atomic E-state index is 0.0709. The number of aromatic amines is 1. The number of nitriles is 2. The van der Waals surface area contributed by atoms with Crippen molar-refractivity contribution in [2.45, 2.75) is 5.03 Å². The number of thioether (sulfide) groups is 1. The van der Waals surface area contributed by atoms with Crippen LogP contribution in [0.2, 0.25) is 0 Å². The minimum Gasteiger partial charge on any atom is -0.366 e. The summed E-state index contributed by atoms with van der Waals surface area (Å²) < 4.78 is 13.9. The first kappa shape index (κ1) is 19.5. The summed E-state index contributed by atoms with van der Waals surface area (Å²) in [5.41, 5.74) is 6.76. The van der Waals surface area contributed by atoms with E-state index in [4.69, 9.17) is 11.0 Å². The van der Waals surface area contributed by atoms with Gasteiger partial charge in [0.2, 0.25) is 5.91 Å². The van der Waals surface area contributed by atoms with Crippen LogP contribution < -0.4 is 15.6 Å². The Morgan fingerprint density at radius 2 is 1.86 bits per heavy atom. The lowest BCUT2D eigenvalue weighted by atomic mass is 10.2. The number of nitrogens with one attached hydrogen (secondary N) is 1. The molecule has 1 aliphatic rings. The third kappa shape index (κ3) is 4.16. The monoisotopic (exact) mass is 397 g/mol. The van der Waals surface area contributed by atoms with E-state index in [0.29, 0.717) is 36.9 Å². The Hall–Kier alpha value is -3.30. The molecular formula is C19H18FN6OS+. The predicted molar refractivity (Wildman–Crippen MR) is 103 cm³/mol. The average Bonchev–Trinajstić information content (AvgIpc) is 2.72. The van der Waals surface area contributed by atoms with Gasteiger partial charge in [0, 0.05) is 26.2 Å². The van der Waals surface area contributed by atoms with E-state index in [-0.39, 0.29) is 34.4 Å². The molecule has 7 nitrogen and oxygen atoms in total. The molecule has 142 valence electrons. The van der Waals surface area contributed by atoms with E-state index in [1.165, 1.54) is 23.9 Å². The van der Waals surface area contributed by atoms with Crippen molar-refractivity contribution in [3.63, 3.8) is 0 Å². The number of rotatable bonds is 4. The van der Waals surface area contributed by atoms with Crippen LogP contribution in [0.15, 0.2) is 35.4 Å². The smallest absolute Gasteiger partial charge is 0.289 e. The Morgan fingerprint density at radius 1 is 1.18 bits per heavy atom. The number of carbonyl (C=O) groups is 1. The molecule has 0 spiro atoms. The third-order valence-corrected chi connectivity index (χ3v) is 5.48. The van der Waals surface area contributed by atoms with E-state index in [1.54, 1.807) is 23.1 Å². The zero-order valence-corrected chi connectivity index (χ0v) is 15.8. The number of carbonyl (C=O) groups excluding carboxylic acids is 1. The highest BCUT2D eigenvalue weighted by molar-refractivity contribution is 7.99. The number of anilines is 2. The number of nitrogens with two attached hydrogens (primary N) is 1. The Balaban J connectivity index is 1.59. The van der Waals surface area contributed by atoms with Crippen molar-refractivity contribution < 1.29 is 14.2 Å². The summed E-state index contributed by atoms with van der Waals surface area (Å²) in [6, 6.07) is 11.9. The van der Waals surface area contributed by atoms with Gasteiger partial charge in [-0.15, -0.1) is 0 Å². The number of benzene rings is 1. The van der Waals surface area contributed by atoms with Gasteiger partial charge in [-0.1, -0.05) is 23.9 Å². The molecule has 0 aliphatic carbocycles. The predicted octanol–water partition coefficient (Wildman–Crippen LogP) is 1.41. The average molecular weight is 397 g/mol. The number of nitrogen functional groups attached to an aromatic ring is 1. The van der Waals surface area contributed by atoms with Gasteiger partial charge >= 0.3 is 0 Å². The highest BCUT2D eigenvalue weighted by Crippen LogP contribution is 2.23. The Labute approximate surface area is 166 Å². The van der Waals surface area contributed by atoms with E-state index < -0.39 is 0 Å². The summed E-state index contributed by atoms with van der Waals surface area (Å²) in [5, 5.41) is 18.7. The van der Waals surface area contributed by atoms with Gasteiger partial charge < -0.3 is 9.80 Å². The number of para-hydroxylation sites is 1. The molecule has 3 N–H and O–H groups in total. The molecule has 0 saturated carbocycles. The van der Waals surface area contributed by atoms with E-state index >= 15 is 0 Å². The van der Waals surface area contributed by atoms with Gasteiger partial charge in [0.25, 0.3) is 5.82 Å². The normalized spacial score (nSPS) is 13.7. The third-order valence-electron chi connectivity index (χ3n) is 4.48. The van der Waals surface area contributed by atoms with Crippen LogP contribution in [0.3, 0.4) is 0 Å². The molecule has 0 radical (unpaired) electrons. The summed E-state index contributed by atoms with van der Waals surface area (Å²) in [7, 11) is 0. The number of aromatic nitrogens is 1. The quantitative estimate of drug-likeness (QED) is 0.781. The second-order valence-electron chi connectivity index (χ2n) is 6.17. The molecular weight excluding hydrogens is 379 g/mol. The van der Waals surface area contributed by atoms with Crippen LogP contribution in [-0.2, 0) is 4.79 Å². The fourth-order valence-corrected chi connectivity index (χ4v) is 3.86. The van der Waals surface area contributed by atoms with E-state index in [9.17, 15) is 14.4 Å². The molecule has 9 heteroatoms. The number of H-pyrrole nitrogens is 1. The van der Waals surface area contributed by atoms with Crippen LogP contribution in [0.4, 0.5) is 15.9 Å². The summed E-state index contributed by atoms with van der Waals surface area (Å²) >= 11 is 1.17. The van der Waals surface area contributed by atoms with Gasteiger partial charge in [-0.05, 0) is 18.2 Å². The van der Waals surface area contributed by atoms with Gasteiger partial charge in [0.05, 0.1) is 11.4 Å². The van der Waals surface area contributed by atoms with Crippen LogP contribution in [0, 0.1) is 28.5 Å². The zero-order chi connectivity index (χ0) is 20.1. The van der Waals surface area contributed by atoms with E-state index in [1.807, 2.05) is 17.0 Å². The first-order valence-corrected chi connectivity index (χ1v) is 9.58. The SMILES string of the molecule is N#Cc1cc(C#N)c(SCC(=O)N2CCN(c3ccccc3F)CC2)[nH+]c1N. The molecule has 1 aliphatic heterocycles. The molecule has 1 amide bonds. The summed E-state index contributed by atoms with van der Waals surface area (Å²) in [5.74, 6) is -0.0416. The molecule has 1 fully saturated rings. The number of piperazine rings is 1. The summed E-state index contributed by atoms with van der Waals surface area (Å²) in [4.78, 5) is 19.0. The maximum atomic E-state index is 13.9. The standard InChI is InChI=1S/C19H17FN6OS/c20-15-3-1-2-4-16(15)25-5-7-26(8-6-25)17(27)12-28-19-14(11-22)9-13(10-21)18(23)24-19/h1-4,9H,5-8,12H2,(H2,23,24)/p+1. The molecule has 2 heterocycles. The van der Waals surface area contributed by atoms with Crippen LogP contribution in [0.5, 0.6) is 0 Å². The molecule has 3 rings (SSSR count). The molecule has 1 saturated heterocycles. The van der Waals surface area contributed by atoms with Crippen LogP contribution in [0.25, 0.3) is 0 Å². The lowest BCUT2D eigenvalue weighted by Gasteiger charge is -2.36. The van der Waals surface area contributed by atoms with Crippen molar-refractivity contribution in [3.8, 4) is 12.1 Å². The lowest BCUT2D eigenvalue weighted by Crippen LogP contribution is -2.49. The second-order valence-corrected chi connectivity index (χ2v) is 7.16. The summed E-state index contributed by atoms with van der Waals surface area (Å²) in [6.45, 7) is 2.10. The van der Waals surface area contributed by atoms with Crippen molar-refractivity contribution in [2.75, 3.05) is 42.6 Å². The molecule has 2 aromatic rings. The Kier molecular flexibility index (Phi) is 5.97. The van der Waals surface area contributed by atoms with E-state index in [2.05, 4.69) is 4.98 Å². The number of halogens is 1. The van der Waals surface area contributed by atoms with Crippen molar-refractivity contribution in [2.24, 2.45) is 0 Å². The Morgan fingerprint density at radius 3 is 2.50 bits per heavy atom. The highest BCUT2D eigenvalue weighted by Gasteiger charge is 2.24. The number of amides is 1. The maximum Gasteiger partial charge on any atom is 0.289 e. The molecule has 0 atom stereocenters. The first-order valence-electron chi connectivity index (χ1n) is 8.59. The topological polar surface area (TPSA) is 111 Å². The number of nitrogens with zero attached hydrogens (tertiary/aromatic N) is 4. The molecule has 0 unspecified atom stereocenters. The van der Waals surface area contributed by atoms with Gasteiger partial charge in [0.1, 0.15) is 29.1 Å². The van der Waals surface area contributed by atoms with Crippen LogP contribution in [-0.4, -0.2) is 42.7 Å². The highest BCUT2D eigenvalue weighted by atomic mass is 32.2. The van der Waals surface area contributed by atoms with Crippen molar-refractivity contribution in [3.05, 3.63) is 47.3 Å². The number of pyridine rings is 1. The molecule has 28 heavy (non-hydrogen) atoms. The lowest BCUT2D eigenvalue weighted by molar-refractivity contribution is -0.410. The molecule has 1 aromatic heterocycles. The molecule has 1 aromatic carbocycles. The number of hydrogen-bond acceptors (Lipinski definition) is 6. The zero-order valence-electron chi connectivity index (χ0n) is 15.0. The van der Waals surface area contributed by atoms with Gasteiger partial charge in [-0.3, -0.25) is 10.5 Å². The fourth-order valence-electron chi connectivity index (χ4n) is 2.96. The van der Waals surface area contributed by atoms with Crippen LogP contribution in [0.1, 0.15) is 11.1 Å². The fraction of sp³-hybridized carbons (Fsp3) is 0.263.